The van der Waals surface area contributed by atoms with E-state index in [-0.39, 0.29) is 0 Å². The van der Waals surface area contributed by atoms with Crippen LogP contribution < -0.4 is 11.5 Å². The van der Waals surface area contributed by atoms with E-state index in [4.69, 9.17) is 11.5 Å². The average molecular weight is 144 g/mol. The van der Waals surface area contributed by atoms with Crippen LogP contribution in [-0.2, 0) is 0 Å². The minimum atomic E-state index is -0.435. The molecule has 0 bridgehead atoms. The Morgan fingerprint density at radius 3 is 2.10 bits per heavy atom. The van der Waals surface area contributed by atoms with Crippen molar-refractivity contribution in [3.8, 4) is 0 Å². The standard InChI is InChI=1S/C8H20N2/c1-4-7(3)6-8(9,10)5-2/h7H,4-6,9-10H2,1-3H3. The summed E-state index contributed by atoms with van der Waals surface area (Å²) >= 11 is 0. The summed E-state index contributed by atoms with van der Waals surface area (Å²) in [4.78, 5) is 0. The van der Waals surface area contributed by atoms with Gasteiger partial charge >= 0.3 is 0 Å². The summed E-state index contributed by atoms with van der Waals surface area (Å²) in [6, 6.07) is 0. The molecular weight excluding hydrogens is 124 g/mol. The SMILES string of the molecule is CCC(C)CC(N)(N)CC. The van der Waals surface area contributed by atoms with Crippen molar-refractivity contribution >= 4 is 0 Å². The van der Waals surface area contributed by atoms with Gasteiger partial charge < -0.3 is 11.5 Å². The lowest BCUT2D eigenvalue weighted by molar-refractivity contribution is 0.322. The van der Waals surface area contributed by atoms with E-state index in [9.17, 15) is 0 Å². The summed E-state index contributed by atoms with van der Waals surface area (Å²) in [6.45, 7) is 6.38. The van der Waals surface area contributed by atoms with Gasteiger partial charge in [-0.1, -0.05) is 27.2 Å². The molecule has 0 aliphatic rings. The van der Waals surface area contributed by atoms with E-state index in [1.165, 1.54) is 0 Å². The van der Waals surface area contributed by atoms with Crippen molar-refractivity contribution in [2.75, 3.05) is 0 Å². The van der Waals surface area contributed by atoms with Gasteiger partial charge in [0.1, 0.15) is 0 Å². The molecule has 0 aliphatic carbocycles. The van der Waals surface area contributed by atoms with Crippen LogP contribution in [0.1, 0.15) is 40.0 Å². The lowest BCUT2D eigenvalue weighted by Gasteiger charge is -2.25. The minimum absolute atomic E-state index is 0.435. The summed E-state index contributed by atoms with van der Waals surface area (Å²) in [5.41, 5.74) is 11.1. The molecule has 0 radical (unpaired) electrons. The van der Waals surface area contributed by atoms with Gasteiger partial charge in [-0.25, -0.2) is 0 Å². The third kappa shape index (κ3) is 3.85. The normalized spacial score (nSPS) is 15.3. The number of hydrogen-bond acceptors (Lipinski definition) is 2. The zero-order chi connectivity index (χ0) is 8.20. The first-order chi connectivity index (χ1) is 4.52. The third-order valence-electron chi connectivity index (χ3n) is 2.08. The van der Waals surface area contributed by atoms with Gasteiger partial charge in [-0.15, -0.1) is 0 Å². The Morgan fingerprint density at radius 2 is 1.80 bits per heavy atom. The van der Waals surface area contributed by atoms with E-state index >= 15 is 0 Å². The fourth-order valence-corrected chi connectivity index (χ4v) is 0.937. The number of hydrogen-bond donors (Lipinski definition) is 2. The highest BCUT2D eigenvalue weighted by Crippen LogP contribution is 2.14. The second-order valence-electron chi connectivity index (χ2n) is 3.30. The predicted octanol–water partition coefficient (Wildman–Crippen LogP) is 1.45. The van der Waals surface area contributed by atoms with Crippen LogP contribution in [0.2, 0.25) is 0 Å². The van der Waals surface area contributed by atoms with Gasteiger partial charge in [-0.05, 0) is 18.8 Å². The zero-order valence-electron chi connectivity index (χ0n) is 7.35. The summed E-state index contributed by atoms with van der Waals surface area (Å²) in [6.07, 6.45) is 2.95. The second-order valence-corrected chi connectivity index (χ2v) is 3.30. The van der Waals surface area contributed by atoms with Crippen molar-refractivity contribution in [3.63, 3.8) is 0 Å². The molecule has 2 nitrogen and oxygen atoms in total. The van der Waals surface area contributed by atoms with Crippen molar-refractivity contribution in [2.45, 2.75) is 45.7 Å². The van der Waals surface area contributed by atoms with Crippen molar-refractivity contribution in [1.29, 1.82) is 0 Å². The van der Waals surface area contributed by atoms with E-state index in [1.54, 1.807) is 0 Å². The van der Waals surface area contributed by atoms with Crippen LogP contribution >= 0.6 is 0 Å². The molecule has 2 heteroatoms. The maximum absolute atomic E-state index is 5.77. The molecule has 10 heavy (non-hydrogen) atoms. The highest BCUT2D eigenvalue weighted by molar-refractivity contribution is 4.76. The fourth-order valence-electron chi connectivity index (χ4n) is 0.937. The van der Waals surface area contributed by atoms with Crippen molar-refractivity contribution in [2.24, 2.45) is 17.4 Å². The van der Waals surface area contributed by atoms with Crippen LogP contribution in [0.15, 0.2) is 0 Å². The maximum Gasteiger partial charge on any atom is 0.0636 e. The molecule has 0 amide bonds. The van der Waals surface area contributed by atoms with Gasteiger partial charge in [0.15, 0.2) is 0 Å². The Labute approximate surface area is 64.0 Å². The van der Waals surface area contributed by atoms with Crippen LogP contribution in [0.3, 0.4) is 0 Å². The minimum Gasteiger partial charge on any atom is -0.313 e. The highest BCUT2D eigenvalue weighted by atomic mass is 14.9. The van der Waals surface area contributed by atoms with E-state index < -0.39 is 5.66 Å². The molecule has 0 aromatic heterocycles. The molecule has 1 unspecified atom stereocenters. The maximum atomic E-state index is 5.77. The van der Waals surface area contributed by atoms with Crippen molar-refractivity contribution < 1.29 is 0 Å². The molecule has 0 rings (SSSR count). The van der Waals surface area contributed by atoms with Crippen molar-refractivity contribution in [3.05, 3.63) is 0 Å². The quantitative estimate of drug-likeness (QED) is 0.587. The van der Waals surface area contributed by atoms with Crippen LogP contribution in [0.4, 0.5) is 0 Å². The molecule has 0 aliphatic heterocycles. The smallest absolute Gasteiger partial charge is 0.0636 e. The molecule has 0 aromatic carbocycles. The molecular formula is C8H20N2. The van der Waals surface area contributed by atoms with Crippen LogP contribution in [0, 0.1) is 5.92 Å². The highest BCUT2D eigenvalue weighted by Gasteiger charge is 2.18. The topological polar surface area (TPSA) is 52.0 Å². The van der Waals surface area contributed by atoms with Gasteiger partial charge in [0, 0.05) is 0 Å². The molecule has 0 aromatic rings. The van der Waals surface area contributed by atoms with Crippen molar-refractivity contribution in [1.82, 2.24) is 0 Å². The van der Waals surface area contributed by atoms with Gasteiger partial charge in [0.05, 0.1) is 5.66 Å². The van der Waals surface area contributed by atoms with Crippen LogP contribution in [0.5, 0.6) is 0 Å². The summed E-state index contributed by atoms with van der Waals surface area (Å²) in [7, 11) is 0. The first kappa shape index (κ1) is 9.92. The van der Waals surface area contributed by atoms with Gasteiger partial charge in [0.2, 0.25) is 0 Å². The molecule has 0 spiro atoms. The van der Waals surface area contributed by atoms with Crippen LogP contribution in [-0.4, -0.2) is 5.66 Å². The monoisotopic (exact) mass is 144 g/mol. The Kier molecular flexibility index (Phi) is 3.91. The summed E-state index contributed by atoms with van der Waals surface area (Å²) in [5, 5.41) is 0. The van der Waals surface area contributed by atoms with E-state index in [0.29, 0.717) is 5.92 Å². The Balaban J connectivity index is 3.64. The Hall–Kier alpha value is -0.0800. The molecule has 0 saturated heterocycles. The van der Waals surface area contributed by atoms with Gasteiger partial charge in [-0.2, -0.15) is 0 Å². The van der Waals surface area contributed by atoms with Gasteiger partial charge in [-0.3, -0.25) is 0 Å². The average Bonchev–Trinajstić information content (AvgIpc) is 1.87. The molecule has 0 saturated carbocycles. The lowest BCUT2D eigenvalue weighted by atomic mass is 9.94. The molecule has 62 valence electrons. The summed E-state index contributed by atoms with van der Waals surface area (Å²) < 4.78 is 0. The first-order valence-electron chi connectivity index (χ1n) is 4.09. The lowest BCUT2D eigenvalue weighted by Crippen LogP contribution is -2.49. The largest absolute Gasteiger partial charge is 0.313 e. The van der Waals surface area contributed by atoms with E-state index in [2.05, 4.69) is 13.8 Å². The number of rotatable bonds is 4. The Morgan fingerprint density at radius 1 is 1.30 bits per heavy atom. The number of nitrogens with two attached hydrogens (primary N) is 2. The molecule has 1 atom stereocenters. The molecule has 0 fully saturated rings. The second kappa shape index (κ2) is 3.94. The van der Waals surface area contributed by atoms with E-state index in [1.807, 2.05) is 6.92 Å². The molecule has 0 heterocycles. The Bertz CT molecular complexity index is 89.3. The van der Waals surface area contributed by atoms with E-state index in [0.717, 1.165) is 19.3 Å². The first-order valence-corrected chi connectivity index (χ1v) is 4.09. The zero-order valence-corrected chi connectivity index (χ0v) is 7.35. The van der Waals surface area contributed by atoms with Gasteiger partial charge in [0.25, 0.3) is 0 Å². The molecule has 4 N–H and O–H groups in total. The predicted molar refractivity (Wildman–Crippen MR) is 45.5 cm³/mol. The summed E-state index contributed by atoms with van der Waals surface area (Å²) in [5.74, 6) is 0.648. The third-order valence-corrected chi connectivity index (χ3v) is 2.08. The fraction of sp³-hybridized carbons (Fsp3) is 1.00. The van der Waals surface area contributed by atoms with Crippen LogP contribution in [0.25, 0.3) is 0 Å².